The van der Waals surface area contributed by atoms with E-state index in [1.54, 1.807) is 0 Å². The number of rotatable bonds is 4. The summed E-state index contributed by atoms with van der Waals surface area (Å²) in [6.45, 7) is 10.3. The summed E-state index contributed by atoms with van der Waals surface area (Å²) in [5.41, 5.74) is 3.83. The molecule has 0 unspecified atom stereocenters. The van der Waals surface area contributed by atoms with Crippen molar-refractivity contribution in [1.29, 1.82) is 0 Å². The number of hydrogen-bond acceptors (Lipinski definition) is 2. The molecule has 1 N–H and O–H groups in total. The van der Waals surface area contributed by atoms with Gasteiger partial charge in [-0.25, -0.2) is 0 Å². The fourth-order valence-electron chi connectivity index (χ4n) is 4.36. The minimum atomic E-state index is 0.0121. The van der Waals surface area contributed by atoms with Crippen LogP contribution in [0.15, 0.2) is 18.2 Å². The quantitative estimate of drug-likeness (QED) is 0.873. The van der Waals surface area contributed by atoms with Crippen LogP contribution in [-0.2, 0) is 4.79 Å². The second-order valence-electron chi connectivity index (χ2n) is 8.98. The molecular weight excluding hydrogens is 350 g/mol. The van der Waals surface area contributed by atoms with Gasteiger partial charge in [0.05, 0.1) is 6.04 Å². The number of H-pyrrole nitrogens is 1. The van der Waals surface area contributed by atoms with E-state index in [0.717, 1.165) is 23.0 Å². The van der Waals surface area contributed by atoms with Crippen LogP contribution in [0.5, 0.6) is 0 Å². The van der Waals surface area contributed by atoms with Crippen molar-refractivity contribution in [3.8, 4) is 0 Å². The molecular formula is C23H31N3O2. The number of fused-ring (bicyclic) bond motifs is 1. The van der Waals surface area contributed by atoms with Crippen molar-refractivity contribution in [2.45, 2.75) is 53.0 Å². The summed E-state index contributed by atoms with van der Waals surface area (Å²) in [5.74, 6) is 1.19. The van der Waals surface area contributed by atoms with Gasteiger partial charge in [0.2, 0.25) is 5.91 Å². The van der Waals surface area contributed by atoms with Crippen molar-refractivity contribution in [3.05, 3.63) is 35.0 Å². The van der Waals surface area contributed by atoms with E-state index in [2.05, 4.69) is 42.8 Å². The molecule has 4 rings (SSSR count). The Hall–Kier alpha value is -2.30. The molecule has 1 saturated carbocycles. The normalized spacial score (nSPS) is 20.9. The number of hydrogen-bond donors (Lipinski definition) is 1. The number of amides is 2. The fraction of sp³-hybridized carbons (Fsp3) is 0.565. The van der Waals surface area contributed by atoms with E-state index in [1.165, 1.54) is 18.4 Å². The minimum absolute atomic E-state index is 0.0121. The molecule has 0 bridgehead atoms. The molecule has 5 nitrogen and oxygen atoms in total. The summed E-state index contributed by atoms with van der Waals surface area (Å²) >= 11 is 0. The molecule has 2 aliphatic rings. The highest BCUT2D eigenvalue weighted by atomic mass is 16.2. The second-order valence-corrected chi connectivity index (χ2v) is 8.98. The highest BCUT2D eigenvalue weighted by Gasteiger charge is 2.37. The second kappa shape index (κ2) is 7.26. The van der Waals surface area contributed by atoms with Gasteiger partial charge in [-0.05, 0) is 56.2 Å². The first-order valence-corrected chi connectivity index (χ1v) is 10.5. The van der Waals surface area contributed by atoms with Crippen LogP contribution in [0.1, 0.15) is 54.7 Å². The summed E-state index contributed by atoms with van der Waals surface area (Å²) < 4.78 is 0. The van der Waals surface area contributed by atoms with Gasteiger partial charge in [-0.1, -0.05) is 25.5 Å². The molecule has 1 saturated heterocycles. The molecule has 2 heterocycles. The van der Waals surface area contributed by atoms with E-state index >= 15 is 0 Å². The van der Waals surface area contributed by atoms with Gasteiger partial charge in [0.25, 0.3) is 5.91 Å². The van der Waals surface area contributed by atoms with Crippen LogP contribution in [0.2, 0.25) is 0 Å². The first-order chi connectivity index (χ1) is 13.3. The topological polar surface area (TPSA) is 56.4 Å². The molecule has 1 aliphatic heterocycles. The Kier molecular flexibility index (Phi) is 4.94. The van der Waals surface area contributed by atoms with E-state index in [9.17, 15) is 9.59 Å². The molecule has 1 atom stereocenters. The average molecular weight is 382 g/mol. The average Bonchev–Trinajstić information content (AvgIpc) is 3.44. The lowest BCUT2D eigenvalue weighted by molar-refractivity contribution is -0.133. The summed E-state index contributed by atoms with van der Waals surface area (Å²) in [6.07, 6.45) is 2.87. The van der Waals surface area contributed by atoms with Crippen molar-refractivity contribution in [2.24, 2.45) is 11.8 Å². The van der Waals surface area contributed by atoms with E-state index in [4.69, 9.17) is 0 Å². The lowest BCUT2D eigenvalue weighted by Crippen LogP contribution is -2.48. The van der Waals surface area contributed by atoms with Crippen molar-refractivity contribution in [3.63, 3.8) is 0 Å². The summed E-state index contributed by atoms with van der Waals surface area (Å²) in [7, 11) is 0. The first kappa shape index (κ1) is 19.0. The van der Waals surface area contributed by atoms with Crippen molar-refractivity contribution in [2.75, 3.05) is 19.6 Å². The monoisotopic (exact) mass is 381 g/mol. The summed E-state index contributed by atoms with van der Waals surface area (Å²) in [4.78, 5) is 33.5. The van der Waals surface area contributed by atoms with Gasteiger partial charge in [-0.2, -0.15) is 0 Å². The largest absolute Gasteiger partial charge is 0.350 e. The zero-order valence-corrected chi connectivity index (χ0v) is 17.4. The zero-order chi connectivity index (χ0) is 20.0. The van der Waals surface area contributed by atoms with E-state index < -0.39 is 0 Å². The fourth-order valence-corrected chi connectivity index (χ4v) is 4.36. The Labute approximate surface area is 167 Å². The van der Waals surface area contributed by atoms with Crippen LogP contribution in [0, 0.1) is 25.7 Å². The Balaban J connectivity index is 1.62. The van der Waals surface area contributed by atoms with E-state index in [-0.39, 0.29) is 17.9 Å². The minimum Gasteiger partial charge on any atom is -0.350 e. The molecule has 1 aromatic carbocycles. The Morgan fingerprint density at radius 2 is 2.00 bits per heavy atom. The third-order valence-electron chi connectivity index (χ3n) is 6.36. The molecule has 5 heteroatoms. The molecule has 2 amide bonds. The van der Waals surface area contributed by atoms with Gasteiger partial charge in [0.1, 0.15) is 5.69 Å². The standard InChI is InChI=1S/C23H31N3O2/c1-14(2)20-13-25(10-9-21(27)26(20)12-17-6-7-17)23(28)22-16(4)18-11-15(3)5-8-19(18)24-22/h5,8,11,14,17,20,24H,6-7,9-10,12-13H2,1-4H3/t20-/m0/s1. The molecule has 1 aromatic heterocycles. The van der Waals surface area contributed by atoms with Gasteiger partial charge in [-0.3, -0.25) is 9.59 Å². The van der Waals surface area contributed by atoms with Crippen molar-refractivity contribution >= 4 is 22.7 Å². The third kappa shape index (κ3) is 3.54. The van der Waals surface area contributed by atoms with Gasteiger partial charge < -0.3 is 14.8 Å². The number of carbonyl (C=O) groups excluding carboxylic acids is 2. The predicted octanol–water partition coefficient (Wildman–Crippen LogP) is 3.89. The maximum Gasteiger partial charge on any atom is 0.270 e. The Morgan fingerprint density at radius 1 is 1.25 bits per heavy atom. The highest BCUT2D eigenvalue weighted by molar-refractivity contribution is 6.01. The highest BCUT2D eigenvalue weighted by Crippen LogP contribution is 2.32. The van der Waals surface area contributed by atoms with E-state index in [0.29, 0.717) is 37.0 Å². The molecule has 28 heavy (non-hydrogen) atoms. The van der Waals surface area contributed by atoms with Gasteiger partial charge in [0.15, 0.2) is 0 Å². The molecule has 0 spiro atoms. The third-order valence-corrected chi connectivity index (χ3v) is 6.36. The van der Waals surface area contributed by atoms with Gasteiger partial charge >= 0.3 is 0 Å². The number of carbonyl (C=O) groups is 2. The van der Waals surface area contributed by atoms with Crippen LogP contribution in [0.25, 0.3) is 10.9 Å². The smallest absolute Gasteiger partial charge is 0.270 e. The SMILES string of the molecule is Cc1ccc2[nH]c(C(=O)N3CCC(=O)N(CC4CC4)[C@H](C(C)C)C3)c(C)c2c1. The van der Waals surface area contributed by atoms with Crippen LogP contribution < -0.4 is 0 Å². The summed E-state index contributed by atoms with van der Waals surface area (Å²) in [5, 5.41) is 1.10. The number of aryl methyl sites for hydroxylation is 2. The van der Waals surface area contributed by atoms with Crippen molar-refractivity contribution in [1.82, 2.24) is 14.8 Å². The van der Waals surface area contributed by atoms with Crippen LogP contribution >= 0.6 is 0 Å². The van der Waals surface area contributed by atoms with Crippen molar-refractivity contribution < 1.29 is 9.59 Å². The zero-order valence-electron chi connectivity index (χ0n) is 17.4. The number of nitrogens with zero attached hydrogens (tertiary/aromatic N) is 2. The first-order valence-electron chi connectivity index (χ1n) is 10.5. The molecule has 0 radical (unpaired) electrons. The molecule has 1 aliphatic carbocycles. The lowest BCUT2D eigenvalue weighted by atomic mass is 10.0. The van der Waals surface area contributed by atoms with Crippen LogP contribution in [0.3, 0.4) is 0 Å². The van der Waals surface area contributed by atoms with E-state index in [1.807, 2.05) is 17.9 Å². The summed E-state index contributed by atoms with van der Waals surface area (Å²) in [6, 6.07) is 6.31. The maximum absolute atomic E-state index is 13.4. The maximum atomic E-state index is 13.4. The Bertz CT molecular complexity index is 910. The Morgan fingerprint density at radius 3 is 2.68 bits per heavy atom. The molecule has 2 aromatic rings. The molecule has 2 fully saturated rings. The number of nitrogens with one attached hydrogen (secondary N) is 1. The van der Waals surface area contributed by atoms with Gasteiger partial charge in [-0.15, -0.1) is 0 Å². The van der Waals surface area contributed by atoms with Gasteiger partial charge in [0, 0.05) is 37.0 Å². The van der Waals surface area contributed by atoms with Crippen LogP contribution in [-0.4, -0.2) is 52.3 Å². The van der Waals surface area contributed by atoms with Crippen LogP contribution in [0.4, 0.5) is 0 Å². The number of aromatic amines is 1. The number of benzene rings is 1. The number of aromatic nitrogens is 1. The predicted molar refractivity (Wildman–Crippen MR) is 111 cm³/mol. The lowest BCUT2D eigenvalue weighted by Gasteiger charge is -2.34. The molecule has 150 valence electrons.